The van der Waals surface area contributed by atoms with E-state index in [1.165, 1.54) is 0 Å². The van der Waals surface area contributed by atoms with Gasteiger partial charge in [0.1, 0.15) is 0 Å². The highest BCUT2D eigenvalue weighted by Crippen LogP contribution is 2.31. The number of rotatable bonds is 6. The second kappa shape index (κ2) is 7.78. The van der Waals surface area contributed by atoms with Crippen molar-refractivity contribution in [3.63, 3.8) is 0 Å². The molecule has 0 radical (unpaired) electrons. The Balaban J connectivity index is 2.14. The van der Waals surface area contributed by atoms with E-state index in [-0.39, 0.29) is 0 Å². The van der Waals surface area contributed by atoms with Gasteiger partial charge >= 0.3 is 0 Å². The summed E-state index contributed by atoms with van der Waals surface area (Å²) in [6, 6.07) is 5.95. The van der Waals surface area contributed by atoms with Gasteiger partial charge in [0.2, 0.25) is 0 Å². The van der Waals surface area contributed by atoms with Gasteiger partial charge in [-0.2, -0.15) is 0 Å². The van der Waals surface area contributed by atoms with Crippen LogP contribution in [-0.4, -0.2) is 16.5 Å². The summed E-state index contributed by atoms with van der Waals surface area (Å²) in [5, 5.41) is 4.96. The Kier molecular flexibility index (Phi) is 6.03. The van der Waals surface area contributed by atoms with E-state index < -0.39 is 0 Å². The third-order valence-electron chi connectivity index (χ3n) is 2.89. The van der Waals surface area contributed by atoms with E-state index in [0.717, 1.165) is 39.3 Å². The van der Waals surface area contributed by atoms with Crippen LogP contribution in [0.1, 0.15) is 25.0 Å². The van der Waals surface area contributed by atoms with Crippen molar-refractivity contribution in [1.29, 1.82) is 0 Å². The van der Waals surface area contributed by atoms with Crippen molar-refractivity contribution in [1.82, 2.24) is 15.3 Å². The Morgan fingerprint density at radius 2 is 1.95 bits per heavy atom. The molecule has 21 heavy (non-hydrogen) atoms. The zero-order chi connectivity index (χ0) is 15.2. The normalized spacial score (nSPS) is 11.1. The van der Waals surface area contributed by atoms with Crippen LogP contribution in [-0.2, 0) is 6.54 Å². The number of halogens is 1. The number of hydrogen-bond acceptors (Lipinski definition) is 4. The monoisotopic (exact) mass is 321 g/mol. The van der Waals surface area contributed by atoms with Gasteiger partial charge in [-0.25, -0.2) is 9.97 Å². The third kappa shape index (κ3) is 4.99. The minimum Gasteiger partial charge on any atom is -0.312 e. The highest BCUT2D eigenvalue weighted by Gasteiger charge is 2.10. The summed E-state index contributed by atoms with van der Waals surface area (Å²) < 4.78 is 0. The Hall–Kier alpha value is -1.10. The molecule has 0 aliphatic heterocycles. The van der Waals surface area contributed by atoms with Crippen molar-refractivity contribution >= 4 is 23.4 Å². The maximum absolute atomic E-state index is 6.34. The SMILES string of the molecule is Cc1cnc(Sc2cccc(Cl)c2CNCC(C)C)nc1. The van der Waals surface area contributed by atoms with Crippen LogP contribution in [0.5, 0.6) is 0 Å². The van der Waals surface area contributed by atoms with Gasteiger partial charge in [0.05, 0.1) is 0 Å². The molecule has 0 atom stereocenters. The largest absolute Gasteiger partial charge is 0.312 e. The first-order valence-corrected chi connectivity index (χ1v) is 8.20. The van der Waals surface area contributed by atoms with E-state index in [1.807, 2.05) is 31.5 Å². The molecular formula is C16H20ClN3S. The lowest BCUT2D eigenvalue weighted by molar-refractivity contribution is 0.550. The lowest BCUT2D eigenvalue weighted by Crippen LogP contribution is -2.19. The van der Waals surface area contributed by atoms with Gasteiger partial charge in [0, 0.05) is 28.9 Å². The van der Waals surface area contributed by atoms with Crippen LogP contribution in [0.25, 0.3) is 0 Å². The van der Waals surface area contributed by atoms with E-state index in [4.69, 9.17) is 11.6 Å². The number of nitrogens with one attached hydrogen (secondary N) is 1. The van der Waals surface area contributed by atoms with Crippen LogP contribution in [0.4, 0.5) is 0 Å². The Morgan fingerprint density at radius 1 is 1.24 bits per heavy atom. The molecule has 2 rings (SSSR count). The summed E-state index contributed by atoms with van der Waals surface area (Å²) in [7, 11) is 0. The smallest absolute Gasteiger partial charge is 0.192 e. The third-order valence-corrected chi connectivity index (χ3v) is 4.24. The molecular weight excluding hydrogens is 302 g/mol. The van der Waals surface area contributed by atoms with Gasteiger partial charge in [-0.05, 0) is 54.4 Å². The Morgan fingerprint density at radius 3 is 2.62 bits per heavy atom. The molecule has 0 bridgehead atoms. The number of hydrogen-bond donors (Lipinski definition) is 1. The van der Waals surface area contributed by atoms with Crippen LogP contribution >= 0.6 is 23.4 Å². The molecule has 1 heterocycles. The topological polar surface area (TPSA) is 37.8 Å². The van der Waals surface area contributed by atoms with Gasteiger partial charge in [0.15, 0.2) is 5.16 Å². The summed E-state index contributed by atoms with van der Waals surface area (Å²) >= 11 is 7.89. The molecule has 1 N–H and O–H groups in total. The van der Waals surface area contributed by atoms with Gasteiger partial charge in [-0.3, -0.25) is 0 Å². The van der Waals surface area contributed by atoms with Crippen molar-refractivity contribution in [3.8, 4) is 0 Å². The fourth-order valence-electron chi connectivity index (χ4n) is 1.82. The predicted octanol–water partition coefficient (Wildman–Crippen LogP) is 4.34. The zero-order valence-electron chi connectivity index (χ0n) is 12.6. The van der Waals surface area contributed by atoms with Gasteiger partial charge < -0.3 is 5.32 Å². The van der Waals surface area contributed by atoms with Crippen LogP contribution in [0, 0.1) is 12.8 Å². The molecule has 112 valence electrons. The molecule has 0 saturated carbocycles. The summed E-state index contributed by atoms with van der Waals surface area (Å²) in [4.78, 5) is 9.78. The standard InChI is InChI=1S/C16H20ClN3S/c1-11(2)7-18-10-13-14(17)5-4-6-15(13)21-16-19-8-12(3)9-20-16/h4-6,8-9,11,18H,7,10H2,1-3H3. The molecule has 1 aromatic carbocycles. The highest BCUT2D eigenvalue weighted by atomic mass is 35.5. The molecule has 0 aliphatic rings. The second-order valence-electron chi connectivity index (χ2n) is 5.39. The van der Waals surface area contributed by atoms with E-state index in [1.54, 1.807) is 11.8 Å². The molecule has 0 unspecified atom stereocenters. The molecule has 3 nitrogen and oxygen atoms in total. The highest BCUT2D eigenvalue weighted by molar-refractivity contribution is 7.99. The van der Waals surface area contributed by atoms with Crippen LogP contribution in [0.15, 0.2) is 40.6 Å². The molecule has 5 heteroatoms. The Labute approximate surface area is 135 Å². The maximum atomic E-state index is 6.34. The van der Waals surface area contributed by atoms with Crippen molar-refractivity contribution in [2.24, 2.45) is 5.92 Å². The quantitative estimate of drug-likeness (QED) is 0.803. The summed E-state index contributed by atoms with van der Waals surface area (Å²) in [5.41, 5.74) is 2.17. The molecule has 1 aromatic heterocycles. The number of aryl methyl sites for hydroxylation is 1. The fraction of sp³-hybridized carbons (Fsp3) is 0.375. The minimum absolute atomic E-state index is 0.615. The average molecular weight is 322 g/mol. The first kappa shape index (κ1) is 16.3. The molecule has 0 amide bonds. The first-order valence-electron chi connectivity index (χ1n) is 7.01. The van der Waals surface area contributed by atoms with Crippen LogP contribution in [0.3, 0.4) is 0 Å². The Bertz CT molecular complexity index is 585. The second-order valence-corrected chi connectivity index (χ2v) is 6.80. The zero-order valence-corrected chi connectivity index (χ0v) is 14.1. The fourth-order valence-corrected chi connectivity index (χ4v) is 2.98. The molecule has 0 spiro atoms. The van der Waals surface area contributed by atoms with Crippen LogP contribution < -0.4 is 5.32 Å². The van der Waals surface area contributed by atoms with Crippen molar-refractivity contribution in [3.05, 3.63) is 46.7 Å². The van der Waals surface area contributed by atoms with Gasteiger partial charge in [-0.15, -0.1) is 0 Å². The number of nitrogens with zero attached hydrogens (tertiary/aromatic N) is 2. The number of aromatic nitrogens is 2. The average Bonchev–Trinajstić information content (AvgIpc) is 2.44. The molecule has 0 fully saturated rings. The van der Waals surface area contributed by atoms with E-state index in [2.05, 4.69) is 35.2 Å². The predicted molar refractivity (Wildman–Crippen MR) is 88.9 cm³/mol. The van der Waals surface area contributed by atoms with Gasteiger partial charge in [-0.1, -0.05) is 31.5 Å². The summed E-state index contributed by atoms with van der Waals surface area (Å²) in [6.45, 7) is 8.09. The van der Waals surface area contributed by atoms with Gasteiger partial charge in [0.25, 0.3) is 0 Å². The molecule has 2 aromatic rings. The molecule has 0 saturated heterocycles. The van der Waals surface area contributed by atoms with E-state index in [0.29, 0.717) is 5.92 Å². The maximum Gasteiger partial charge on any atom is 0.192 e. The van der Waals surface area contributed by atoms with E-state index in [9.17, 15) is 0 Å². The lowest BCUT2D eigenvalue weighted by atomic mass is 10.2. The molecule has 0 aliphatic carbocycles. The van der Waals surface area contributed by atoms with Crippen molar-refractivity contribution in [2.75, 3.05) is 6.54 Å². The summed E-state index contributed by atoms with van der Waals surface area (Å²) in [5.74, 6) is 0.615. The first-order chi connectivity index (χ1) is 10.1. The number of benzene rings is 1. The van der Waals surface area contributed by atoms with Crippen molar-refractivity contribution < 1.29 is 0 Å². The van der Waals surface area contributed by atoms with E-state index >= 15 is 0 Å². The lowest BCUT2D eigenvalue weighted by Gasteiger charge is -2.12. The minimum atomic E-state index is 0.615. The van der Waals surface area contributed by atoms with Crippen LogP contribution in [0.2, 0.25) is 5.02 Å². The van der Waals surface area contributed by atoms with Crippen molar-refractivity contribution in [2.45, 2.75) is 37.4 Å². The summed E-state index contributed by atoms with van der Waals surface area (Å²) in [6.07, 6.45) is 3.66.